The second-order valence-electron chi connectivity index (χ2n) is 2.85. The molecule has 0 heterocycles. The van der Waals surface area contributed by atoms with Crippen molar-refractivity contribution in [2.24, 2.45) is 0 Å². The molecule has 0 N–H and O–H groups in total. The Morgan fingerprint density at radius 2 is 1.81 bits per heavy atom. The second kappa shape index (κ2) is 6.81. The Labute approximate surface area is 133 Å². The summed E-state index contributed by atoms with van der Waals surface area (Å²) in [6.07, 6.45) is 0.429. The quantitative estimate of drug-likeness (QED) is 0.563. The van der Waals surface area contributed by atoms with Crippen LogP contribution in [0.2, 0.25) is 0 Å². The van der Waals surface area contributed by atoms with Crippen LogP contribution < -0.4 is 56.1 Å². The third kappa shape index (κ3) is 4.59. The van der Waals surface area contributed by atoms with Crippen LogP contribution in [0.3, 0.4) is 0 Å². The third-order valence-corrected chi connectivity index (χ3v) is 1.75. The zero-order valence-electron chi connectivity index (χ0n) is 8.88. The summed E-state index contributed by atoms with van der Waals surface area (Å²) in [6, 6.07) is 5.90. The van der Waals surface area contributed by atoms with E-state index in [0.29, 0.717) is 6.08 Å². The van der Waals surface area contributed by atoms with Gasteiger partial charge in [0.25, 0.3) is 0 Å². The molecule has 16 heavy (non-hydrogen) atoms. The molecule has 0 bridgehead atoms. The van der Waals surface area contributed by atoms with Gasteiger partial charge < -0.3 is 17.7 Å². The van der Waals surface area contributed by atoms with Crippen LogP contribution in [0.4, 0.5) is 17.3 Å². The Kier molecular flexibility index (Phi) is 6.88. The zero-order valence-corrected chi connectivity index (χ0v) is 12.0. The second-order valence-corrected chi connectivity index (χ2v) is 2.85. The average molecular weight is 258 g/mol. The molecule has 0 aliphatic rings. The van der Waals surface area contributed by atoms with Crippen LogP contribution in [0.25, 0.3) is 6.08 Å². The van der Waals surface area contributed by atoms with Crippen molar-refractivity contribution in [2.75, 3.05) is 7.11 Å². The summed E-state index contributed by atoms with van der Waals surface area (Å²) in [5.41, 5.74) is -2.02. The molecule has 0 fully saturated rings. The Morgan fingerprint density at radius 1 is 1.25 bits per heavy atom. The van der Waals surface area contributed by atoms with Gasteiger partial charge in [0.05, 0.1) is 7.11 Å². The first-order valence-electron chi connectivity index (χ1n) is 4.15. The van der Waals surface area contributed by atoms with Gasteiger partial charge >= 0.3 is 58.4 Å². The van der Waals surface area contributed by atoms with Gasteiger partial charge in [-0.3, -0.25) is 0 Å². The molecule has 0 aliphatic carbocycles. The van der Waals surface area contributed by atoms with E-state index in [1.54, 1.807) is 6.07 Å². The number of ether oxygens (including phenoxy) is 1. The monoisotopic (exact) mass is 258 g/mol. The molecule has 82 valence electrons. The molecule has 0 saturated carbocycles. The van der Waals surface area contributed by atoms with Crippen LogP contribution in [0, 0.1) is 0 Å². The minimum atomic E-state index is -5.58. The normalized spacial score (nSPS) is 11.9. The first-order chi connectivity index (χ1) is 6.95. The largest absolute Gasteiger partial charge is 1.00 e. The van der Waals surface area contributed by atoms with E-state index in [1.165, 1.54) is 25.3 Å². The number of para-hydroxylation sites is 1. The minimum absolute atomic E-state index is 0. The molecule has 1 rings (SSSR count). The summed E-state index contributed by atoms with van der Waals surface area (Å²) >= 11 is 0. The van der Waals surface area contributed by atoms with Crippen molar-refractivity contribution >= 4 is 13.1 Å². The van der Waals surface area contributed by atoms with Crippen LogP contribution in [0.1, 0.15) is 5.56 Å². The van der Waals surface area contributed by atoms with Crippen molar-refractivity contribution in [1.82, 2.24) is 0 Å². The Hall–Kier alpha value is 0.181. The van der Waals surface area contributed by atoms with Crippen LogP contribution in [-0.2, 0) is 0 Å². The standard InChI is InChI=1S/C9H8BF4O.K/c1-15-8-5-3-2-4-7(8)6-9(11)10(12,13)14;/h2-6H,1H3;/q-1;+1/b9-6-;. The minimum Gasteiger partial charge on any atom is -0.496 e. The third-order valence-electron chi connectivity index (χ3n) is 1.75. The summed E-state index contributed by atoms with van der Waals surface area (Å²) in [7, 11) is 1.31. The predicted molar refractivity (Wildman–Crippen MR) is 51.2 cm³/mol. The zero-order chi connectivity index (χ0) is 11.5. The number of benzene rings is 1. The molecule has 1 aromatic carbocycles. The maximum Gasteiger partial charge on any atom is 1.00 e. The van der Waals surface area contributed by atoms with Gasteiger partial charge in [-0.05, 0) is 6.07 Å². The summed E-state index contributed by atoms with van der Waals surface area (Å²) in [4.78, 5) is 0. The molecule has 0 aliphatic heterocycles. The van der Waals surface area contributed by atoms with Crippen LogP contribution in [0.5, 0.6) is 5.75 Å². The van der Waals surface area contributed by atoms with Gasteiger partial charge in [-0.15, -0.1) is 0 Å². The summed E-state index contributed by atoms with van der Waals surface area (Å²) in [5.74, 6) is 0.202. The van der Waals surface area contributed by atoms with Gasteiger partial charge in [-0.2, -0.15) is 0 Å². The number of hydrogen-bond acceptors (Lipinski definition) is 1. The molecule has 0 radical (unpaired) electrons. The number of methoxy groups -OCH3 is 1. The van der Waals surface area contributed by atoms with Crippen molar-refractivity contribution in [3.8, 4) is 5.75 Å². The first kappa shape index (κ1) is 16.2. The molecule has 1 aromatic rings. The fraction of sp³-hybridized carbons (Fsp3) is 0.111. The van der Waals surface area contributed by atoms with Gasteiger partial charge in [0.1, 0.15) is 5.75 Å². The predicted octanol–water partition coefficient (Wildman–Crippen LogP) is 0.396. The maximum absolute atomic E-state index is 12.6. The molecular weight excluding hydrogens is 250 g/mol. The molecule has 0 spiro atoms. The molecule has 0 saturated heterocycles. The number of rotatable bonds is 3. The van der Waals surface area contributed by atoms with Crippen molar-refractivity contribution in [2.45, 2.75) is 0 Å². The Balaban J connectivity index is 0.00000225. The first-order valence-corrected chi connectivity index (χ1v) is 4.15. The fourth-order valence-corrected chi connectivity index (χ4v) is 1.03. The molecular formula is C9H8BF4KO. The molecule has 0 aromatic heterocycles. The van der Waals surface area contributed by atoms with Crippen LogP contribution in [-0.4, -0.2) is 14.1 Å². The molecule has 7 heteroatoms. The maximum atomic E-state index is 12.6. The molecule has 0 amide bonds. The van der Waals surface area contributed by atoms with Gasteiger partial charge in [-0.25, -0.2) is 4.39 Å². The van der Waals surface area contributed by atoms with Crippen molar-refractivity contribution in [3.63, 3.8) is 0 Å². The van der Waals surface area contributed by atoms with E-state index >= 15 is 0 Å². The SMILES string of the molecule is COc1ccccc1/C=C(\F)[B-](F)(F)F.[K+]. The van der Waals surface area contributed by atoms with Crippen LogP contribution in [0.15, 0.2) is 30.0 Å². The number of hydrogen-bond donors (Lipinski definition) is 0. The topological polar surface area (TPSA) is 9.23 Å². The average Bonchev–Trinajstić information content (AvgIpc) is 2.17. The van der Waals surface area contributed by atoms with E-state index in [1.807, 2.05) is 0 Å². The van der Waals surface area contributed by atoms with E-state index < -0.39 is 12.7 Å². The Morgan fingerprint density at radius 3 is 2.31 bits per heavy atom. The molecule has 0 atom stereocenters. The Bertz CT molecular complexity index is 378. The number of halogens is 4. The van der Waals surface area contributed by atoms with Crippen molar-refractivity contribution < 1.29 is 73.5 Å². The molecule has 0 unspecified atom stereocenters. The smallest absolute Gasteiger partial charge is 0.496 e. The van der Waals surface area contributed by atoms with E-state index in [0.717, 1.165) is 0 Å². The fourth-order valence-electron chi connectivity index (χ4n) is 1.03. The van der Waals surface area contributed by atoms with E-state index in [9.17, 15) is 17.3 Å². The van der Waals surface area contributed by atoms with Crippen molar-refractivity contribution in [1.29, 1.82) is 0 Å². The van der Waals surface area contributed by atoms with E-state index in [-0.39, 0.29) is 62.7 Å². The van der Waals surface area contributed by atoms with Crippen LogP contribution >= 0.6 is 0 Å². The summed E-state index contributed by atoms with van der Waals surface area (Å²) in [5, 5.41) is 0. The summed E-state index contributed by atoms with van der Waals surface area (Å²) in [6.45, 7) is -5.58. The van der Waals surface area contributed by atoms with Gasteiger partial charge in [-0.1, -0.05) is 24.3 Å². The van der Waals surface area contributed by atoms with Gasteiger partial charge in [0, 0.05) is 11.3 Å². The van der Waals surface area contributed by atoms with Crippen molar-refractivity contribution in [3.05, 3.63) is 35.6 Å². The summed E-state index contributed by atoms with van der Waals surface area (Å²) < 4.78 is 53.3. The van der Waals surface area contributed by atoms with E-state index in [4.69, 9.17) is 4.74 Å². The van der Waals surface area contributed by atoms with E-state index in [2.05, 4.69) is 0 Å². The van der Waals surface area contributed by atoms with Gasteiger partial charge in [0.15, 0.2) is 0 Å². The molecule has 1 nitrogen and oxygen atoms in total. The van der Waals surface area contributed by atoms with Gasteiger partial charge in [0.2, 0.25) is 0 Å².